The van der Waals surface area contributed by atoms with Gasteiger partial charge in [-0.2, -0.15) is 0 Å². The zero-order valence-electron chi connectivity index (χ0n) is 17.7. The van der Waals surface area contributed by atoms with E-state index < -0.39 is 58.1 Å². The van der Waals surface area contributed by atoms with E-state index in [4.69, 9.17) is 44.3 Å². The number of esters is 1. The molecule has 1 heterocycles. The minimum atomic E-state index is -1.73. The molecule has 0 aromatic carbocycles. The fourth-order valence-electron chi connectivity index (χ4n) is 2.80. The van der Waals surface area contributed by atoms with Gasteiger partial charge in [-0.25, -0.2) is 5.43 Å². The fraction of sp³-hybridized carbons (Fsp3) is 0.833. The van der Waals surface area contributed by atoms with Gasteiger partial charge in [0.15, 0.2) is 6.10 Å². The Labute approximate surface area is 191 Å². The van der Waals surface area contributed by atoms with E-state index in [9.17, 15) is 19.5 Å². The van der Waals surface area contributed by atoms with Gasteiger partial charge >= 0.3 is 5.97 Å². The fourth-order valence-corrected chi connectivity index (χ4v) is 2.96. The molecule has 4 unspecified atom stereocenters. The number of nitrogens with one attached hydrogen (secondary N) is 2. The lowest BCUT2D eigenvalue weighted by Crippen LogP contribution is -2.60. The molecule has 2 amide bonds. The Morgan fingerprint density at radius 3 is 2.37 bits per heavy atom. The summed E-state index contributed by atoms with van der Waals surface area (Å²) >= 11 is 16.7. The maximum atomic E-state index is 12.7. The summed E-state index contributed by atoms with van der Waals surface area (Å²) in [6, 6.07) is -1.74. The Balaban J connectivity index is 2.60. The highest BCUT2D eigenvalue weighted by atomic mass is 35.6. The van der Waals surface area contributed by atoms with Crippen molar-refractivity contribution in [2.75, 3.05) is 13.2 Å². The van der Waals surface area contributed by atoms with Gasteiger partial charge < -0.3 is 19.9 Å². The summed E-state index contributed by atoms with van der Waals surface area (Å²) in [4.78, 5) is 37.1. The minimum Gasteiger partial charge on any atom is -0.460 e. The zero-order valence-corrected chi connectivity index (χ0v) is 20.0. The third-order valence-corrected chi connectivity index (χ3v) is 4.42. The van der Waals surface area contributed by atoms with Crippen LogP contribution < -0.4 is 10.7 Å². The normalized spacial score (nSPS) is 20.8. The molecule has 0 radical (unpaired) electrons. The number of hydrazine groups is 1. The molecule has 3 N–H and O–H groups in total. The number of rotatable bonds is 7. The van der Waals surface area contributed by atoms with Crippen molar-refractivity contribution in [3.63, 3.8) is 0 Å². The largest absolute Gasteiger partial charge is 0.460 e. The van der Waals surface area contributed by atoms with Crippen LogP contribution in [0.4, 0.5) is 0 Å². The number of carbonyl (C=O) groups is 3. The molecule has 0 aromatic rings. The highest BCUT2D eigenvalue weighted by molar-refractivity contribution is 6.67. The Hall–Kier alpha value is -0.840. The van der Waals surface area contributed by atoms with Crippen LogP contribution in [0.2, 0.25) is 0 Å². The maximum Gasteiger partial charge on any atom is 0.325 e. The SMILES string of the molecule is CC(NC(=O)C(O)C(C)OC(C)(C)C)C(=O)N1CCCC(C(=O)OCC(Cl)(Cl)Cl)N1. The van der Waals surface area contributed by atoms with Crippen molar-refractivity contribution in [3.8, 4) is 0 Å². The van der Waals surface area contributed by atoms with E-state index in [1.165, 1.54) is 11.9 Å². The van der Waals surface area contributed by atoms with E-state index in [0.29, 0.717) is 19.4 Å². The number of aliphatic hydroxyl groups excluding tert-OH is 1. The van der Waals surface area contributed by atoms with Crippen LogP contribution in [-0.4, -0.2) is 74.7 Å². The van der Waals surface area contributed by atoms with E-state index in [1.807, 2.05) is 0 Å². The molecule has 1 fully saturated rings. The average Bonchev–Trinajstić information content (AvgIpc) is 2.62. The molecule has 1 aliphatic heterocycles. The first-order valence-electron chi connectivity index (χ1n) is 9.58. The monoisotopic (exact) mass is 489 g/mol. The number of ether oxygens (including phenoxy) is 2. The lowest BCUT2D eigenvalue weighted by atomic mass is 10.1. The van der Waals surface area contributed by atoms with Gasteiger partial charge in [0.05, 0.1) is 11.7 Å². The van der Waals surface area contributed by atoms with Crippen molar-refractivity contribution in [1.82, 2.24) is 15.8 Å². The summed E-state index contributed by atoms with van der Waals surface area (Å²) in [5.41, 5.74) is 2.23. The van der Waals surface area contributed by atoms with Gasteiger partial charge in [0.2, 0.25) is 3.79 Å². The average molecular weight is 491 g/mol. The second-order valence-electron chi connectivity index (χ2n) is 8.15. The second kappa shape index (κ2) is 11.2. The van der Waals surface area contributed by atoms with Crippen LogP contribution in [0.25, 0.3) is 0 Å². The number of alkyl halides is 3. The Bertz CT molecular complexity index is 623. The van der Waals surface area contributed by atoms with E-state index >= 15 is 0 Å². The molecular weight excluding hydrogens is 461 g/mol. The number of amides is 2. The molecule has 0 aliphatic carbocycles. The number of halogens is 3. The van der Waals surface area contributed by atoms with Gasteiger partial charge in [-0.05, 0) is 47.5 Å². The van der Waals surface area contributed by atoms with E-state index in [1.54, 1.807) is 27.7 Å². The van der Waals surface area contributed by atoms with Gasteiger partial charge in [-0.3, -0.25) is 19.4 Å². The van der Waals surface area contributed by atoms with Gasteiger partial charge in [0.25, 0.3) is 11.8 Å². The Morgan fingerprint density at radius 2 is 1.83 bits per heavy atom. The highest BCUT2D eigenvalue weighted by Gasteiger charge is 2.34. The molecule has 4 atom stereocenters. The van der Waals surface area contributed by atoms with E-state index in [2.05, 4.69) is 10.7 Å². The predicted molar refractivity (Wildman–Crippen MR) is 113 cm³/mol. The molecule has 1 rings (SSSR count). The third-order valence-electron chi connectivity index (χ3n) is 4.10. The molecule has 30 heavy (non-hydrogen) atoms. The predicted octanol–water partition coefficient (Wildman–Crippen LogP) is 1.46. The summed E-state index contributed by atoms with van der Waals surface area (Å²) in [6.07, 6.45) is -1.24. The topological polar surface area (TPSA) is 117 Å². The van der Waals surface area contributed by atoms with Crippen molar-refractivity contribution in [2.45, 2.75) is 81.1 Å². The number of hydrogen-bond donors (Lipinski definition) is 3. The molecule has 0 spiro atoms. The summed E-state index contributed by atoms with van der Waals surface area (Å²) in [6.45, 7) is 8.38. The standard InChI is InChI=1S/C18H30Cl3N3O6/c1-10(22-14(26)13(25)11(2)30-17(3,4)5)15(27)24-8-6-7-12(23-24)16(28)29-9-18(19,20)21/h10-13,23,25H,6-9H2,1-5H3,(H,22,26). The van der Waals surface area contributed by atoms with Crippen LogP contribution in [0.5, 0.6) is 0 Å². The molecule has 0 saturated carbocycles. The van der Waals surface area contributed by atoms with E-state index in [0.717, 1.165) is 0 Å². The van der Waals surface area contributed by atoms with Gasteiger partial charge in [-0.15, -0.1) is 0 Å². The van der Waals surface area contributed by atoms with Crippen molar-refractivity contribution in [1.29, 1.82) is 0 Å². The van der Waals surface area contributed by atoms with Gasteiger partial charge in [-0.1, -0.05) is 34.8 Å². The number of nitrogens with zero attached hydrogens (tertiary/aromatic N) is 1. The third kappa shape index (κ3) is 9.53. The molecule has 12 heteroatoms. The summed E-state index contributed by atoms with van der Waals surface area (Å²) < 4.78 is 8.78. The molecule has 1 saturated heterocycles. The lowest BCUT2D eigenvalue weighted by Gasteiger charge is -2.34. The van der Waals surface area contributed by atoms with Crippen molar-refractivity contribution < 1.29 is 29.0 Å². The minimum absolute atomic E-state index is 0.333. The van der Waals surface area contributed by atoms with E-state index in [-0.39, 0.29) is 0 Å². The summed E-state index contributed by atoms with van der Waals surface area (Å²) in [5, 5.41) is 13.9. The van der Waals surface area contributed by atoms with Crippen molar-refractivity contribution in [2.24, 2.45) is 0 Å². The first-order valence-corrected chi connectivity index (χ1v) is 10.7. The smallest absolute Gasteiger partial charge is 0.325 e. The lowest BCUT2D eigenvalue weighted by molar-refractivity contribution is -0.154. The second-order valence-corrected chi connectivity index (χ2v) is 10.7. The number of aliphatic hydroxyl groups is 1. The van der Waals surface area contributed by atoms with Gasteiger partial charge in [0.1, 0.15) is 18.7 Å². The highest BCUT2D eigenvalue weighted by Crippen LogP contribution is 2.26. The van der Waals surface area contributed by atoms with Crippen LogP contribution in [0, 0.1) is 0 Å². The zero-order chi connectivity index (χ0) is 23.3. The first kappa shape index (κ1) is 27.2. The molecule has 0 aromatic heterocycles. The van der Waals surface area contributed by atoms with Crippen molar-refractivity contribution in [3.05, 3.63) is 0 Å². The summed E-state index contributed by atoms with van der Waals surface area (Å²) in [5.74, 6) is -1.86. The van der Waals surface area contributed by atoms with Crippen LogP contribution in [-0.2, 0) is 23.9 Å². The first-order chi connectivity index (χ1) is 13.6. The quantitative estimate of drug-likeness (QED) is 0.365. The Morgan fingerprint density at radius 1 is 1.23 bits per heavy atom. The molecular formula is C18H30Cl3N3O6. The van der Waals surface area contributed by atoms with Crippen molar-refractivity contribution >= 4 is 52.6 Å². The molecule has 1 aliphatic rings. The molecule has 9 nitrogen and oxygen atoms in total. The molecule has 0 bridgehead atoms. The van der Waals surface area contributed by atoms with Crippen LogP contribution >= 0.6 is 34.8 Å². The van der Waals surface area contributed by atoms with Crippen LogP contribution in [0.15, 0.2) is 0 Å². The van der Waals surface area contributed by atoms with Crippen LogP contribution in [0.3, 0.4) is 0 Å². The summed E-state index contributed by atoms with van der Waals surface area (Å²) in [7, 11) is 0. The Kier molecular flexibility index (Phi) is 10.1. The number of hydrogen-bond acceptors (Lipinski definition) is 7. The van der Waals surface area contributed by atoms with Gasteiger partial charge in [0, 0.05) is 6.54 Å². The number of carbonyl (C=O) groups excluding carboxylic acids is 3. The maximum absolute atomic E-state index is 12.7. The van der Waals surface area contributed by atoms with Crippen LogP contribution in [0.1, 0.15) is 47.5 Å². The molecule has 174 valence electrons.